The number of nitrogens with one attached hydrogen (secondary N) is 2. The van der Waals surface area contributed by atoms with Crippen molar-refractivity contribution in [3.8, 4) is 0 Å². The number of hydrogen-bond acceptors (Lipinski definition) is 4. The molecule has 0 aliphatic carbocycles. The summed E-state index contributed by atoms with van der Waals surface area (Å²) < 4.78 is 0. The van der Waals surface area contributed by atoms with Crippen LogP contribution in [0.1, 0.15) is 27.9 Å². The second kappa shape index (κ2) is 7.27. The van der Waals surface area contributed by atoms with Gasteiger partial charge in [-0.25, -0.2) is 10.3 Å². The highest BCUT2D eigenvalue weighted by atomic mass is 35.5. The van der Waals surface area contributed by atoms with E-state index < -0.39 is 17.9 Å². The molecule has 1 unspecified atom stereocenters. The standard InChI is InChI=1S/C19H18ClN3O3/c1-11-7-12(2)9-15(8-11)23-17(24)10-16(19(23)26)21-22-18(25)13-3-5-14(20)6-4-13/h3-9,16,21H,10H2,1-2H3,(H,22,25). The molecule has 134 valence electrons. The van der Waals surface area contributed by atoms with E-state index in [9.17, 15) is 14.4 Å². The van der Waals surface area contributed by atoms with Crippen molar-refractivity contribution in [2.24, 2.45) is 0 Å². The maximum Gasteiger partial charge on any atom is 0.265 e. The fraction of sp³-hybridized carbons (Fsp3) is 0.211. The molecule has 2 N–H and O–H groups in total. The Bertz CT molecular complexity index is 860. The van der Waals surface area contributed by atoms with Gasteiger partial charge in [0.15, 0.2) is 0 Å². The highest BCUT2D eigenvalue weighted by Crippen LogP contribution is 2.25. The van der Waals surface area contributed by atoms with Crippen LogP contribution in [0.25, 0.3) is 0 Å². The van der Waals surface area contributed by atoms with Gasteiger partial charge in [-0.2, -0.15) is 0 Å². The minimum Gasteiger partial charge on any atom is -0.287 e. The van der Waals surface area contributed by atoms with Crippen LogP contribution in [0.5, 0.6) is 0 Å². The van der Waals surface area contributed by atoms with Crippen LogP contribution in [0, 0.1) is 13.8 Å². The molecule has 3 rings (SSSR count). The van der Waals surface area contributed by atoms with Gasteiger partial charge in [0.25, 0.3) is 11.8 Å². The molecule has 26 heavy (non-hydrogen) atoms. The van der Waals surface area contributed by atoms with Crippen molar-refractivity contribution in [2.45, 2.75) is 26.3 Å². The summed E-state index contributed by atoms with van der Waals surface area (Å²) in [4.78, 5) is 38.2. The van der Waals surface area contributed by atoms with E-state index >= 15 is 0 Å². The number of aryl methyl sites for hydroxylation is 2. The Morgan fingerprint density at radius 2 is 1.69 bits per heavy atom. The first-order chi connectivity index (χ1) is 12.3. The number of carbonyl (C=O) groups excluding carboxylic acids is 3. The topological polar surface area (TPSA) is 78.5 Å². The van der Waals surface area contributed by atoms with Crippen LogP contribution in [0.15, 0.2) is 42.5 Å². The van der Waals surface area contributed by atoms with Crippen LogP contribution in [0.4, 0.5) is 5.69 Å². The van der Waals surface area contributed by atoms with E-state index in [1.807, 2.05) is 19.9 Å². The number of benzene rings is 2. The Labute approximate surface area is 156 Å². The Morgan fingerprint density at radius 1 is 1.08 bits per heavy atom. The summed E-state index contributed by atoms with van der Waals surface area (Å²) in [6, 6.07) is 11.1. The van der Waals surface area contributed by atoms with E-state index in [4.69, 9.17) is 11.6 Å². The van der Waals surface area contributed by atoms with Crippen molar-refractivity contribution in [3.63, 3.8) is 0 Å². The van der Waals surface area contributed by atoms with Gasteiger partial charge in [-0.3, -0.25) is 19.8 Å². The minimum absolute atomic E-state index is 0.0211. The van der Waals surface area contributed by atoms with Crippen molar-refractivity contribution < 1.29 is 14.4 Å². The van der Waals surface area contributed by atoms with Gasteiger partial charge >= 0.3 is 0 Å². The smallest absolute Gasteiger partial charge is 0.265 e. The summed E-state index contributed by atoms with van der Waals surface area (Å²) in [7, 11) is 0. The third-order valence-corrected chi connectivity index (χ3v) is 4.33. The maximum absolute atomic E-state index is 12.6. The summed E-state index contributed by atoms with van der Waals surface area (Å²) >= 11 is 5.79. The zero-order chi connectivity index (χ0) is 18.8. The first kappa shape index (κ1) is 18.1. The predicted octanol–water partition coefficient (Wildman–Crippen LogP) is 2.52. The van der Waals surface area contributed by atoms with Crippen molar-refractivity contribution in [3.05, 3.63) is 64.2 Å². The molecule has 0 aromatic heterocycles. The number of amides is 3. The van der Waals surface area contributed by atoms with E-state index in [0.29, 0.717) is 16.3 Å². The number of rotatable bonds is 4. The van der Waals surface area contributed by atoms with Crippen LogP contribution in [-0.4, -0.2) is 23.8 Å². The van der Waals surface area contributed by atoms with Gasteiger partial charge in [0.2, 0.25) is 5.91 Å². The summed E-state index contributed by atoms with van der Waals surface area (Å²) in [6.45, 7) is 3.81. The van der Waals surface area contributed by atoms with Crippen LogP contribution in [0.3, 0.4) is 0 Å². The number of hydrogen-bond donors (Lipinski definition) is 2. The molecule has 0 bridgehead atoms. The summed E-state index contributed by atoms with van der Waals surface area (Å²) in [5.41, 5.74) is 8.01. The van der Waals surface area contributed by atoms with Gasteiger partial charge in [-0.15, -0.1) is 0 Å². The number of carbonyl (C=O) groups is 3. The molecule has 1 saturated heterocycles. The largest absolute Gasteiger partial charge is 0.287 e. The Balaban J connectivity index is 1.69. The summed E-state index contributed by atoms with van der Waals surface area (Å²) in [5, 5.41) is 0.523. The maximum atomic E-state index is 12.6. The average Bonchev–Trinajstić information content (AvgIpc) is 2.86. The molecule has 3 amide bonds. The van der Waals surface area contributed by atoms with Crippen molar-refractivity contribution in [1.82, 2.24) is 10.9 Å². The van der Waals surface area contributed by atoms with E-state index in [-0.39, 0.29) is 12.3 Å². The molecular formula is C19H18ClN3O3. The first-order valence-corrected chi connectivity index (χ1v) is 8.49. The number of nitrogens with zero attached hydrogens (tertiary/aromatic N) is 1. The zero-order valence-corrected chi connectivity index (χ0v) is 15.1. The average molecular weight is 372 g/mol. The summed E-state index contributed by atoms with van der Waals surface area (Å²) in [6.07, 6.45) is -0.0211. The lowest BCUT2D eigenvalue weighted by Gasteiger charge is -2.17. The molecule has 0 spiro atoms. The van der Waals surface area contributed by atoms with Gasteiger partial charge in [0.1, 0.15) is 6.04 Å². The second-order valence-electron chi connectivity index (χ2n) is 6.28. The highest BCUT2D eigenvalue weighted by Gasteiger charge is 2.39. The van der Waals surface area contributed by atoms with Crippen LogP contribution >= 0.6 is 11.6 Å². The minimum atomic E-state index is -0.806. The Kier molecular flexibility index (Phi) is 5.06. The lowest BCUT2D eigenvalue weighted by molar-refractivity contribution is -0.121. The van der Waals surface area contributed by atoms with Gasteiger partial charge in [-0.05, 0) is 61.4 Å². The SMILES string of the molecule is Cc1cc(C)cc(N2C(=O)CC(NNC(=O)c3ccc(Cl)cc3)C2=O)c1. The third kappa shape index (κ3) is 3.76. The van der Waals surface area contributed by atoms with Crippen LogP contribution < -0.4 is 15.8 Å². The number of hydrazine groups is 1. The Morgan fingerprint density at radius 3 is 2.31 bits per heavy atom. The molecule has 6 nitrogen and oxygen atoms in total. The van der Waals surface area contributed by atoms with Gasteiger partial charge in [0, 0.05) is 10.6 Å². The van der Waals surface area contributed by atoms with Crippen molar-refractivity contribution in [1.29, 1.82) is 0 Å². The van der Waals surface area contributed by atoms with E-state index in [0.717, 1.165) is 16.0 Å². The summed E-state index contributed by atoms with van der Waals surface area (Å²) in [5.74, 6) is -1.11. The van der Waals surface area contributed by atoms with Crippen molar-refractivity contribution in [2.75, 3.05) is 4.90 Å². The van der Waals surface area contributed by atoms with Crippen molar-refractivity contribution >= 4 is 35.0 Å². The molecule has 7 heteroatoms. The van der Waals surface area contributed by atoms with Gasteiger partial charge < -0.3 is 0 Å². The molecule has 0 saturated carbocycles. The van der Waals surface area contributed by atoms with Gasteiger partial charge in [0.05, 0.1) is 12.1 Å². The molecule has 2 aromatic rings. The van der Waals surface area contributed by atoms with E-state index in [1.165, 1.54) is 0 Å². The quantitative estimate of drug-likeness (QED) is 0.639. The Hall–Kier alpha value is -2.70. The fourth-order valence-electron chi connectivity index (χ4n) is 2.92. The normalized spacial score (nSPS) is 16.9. The number of halogens is 1. The molecule has 2 aromatic carbocycles. The monoisotopic (exact) mass is 371 g/mol. The van der Waals surface area contributed by atoms with Crippen LogP contribution in [-0.2, 0) is 9.59 Å². The molecule has 1 heterocycles. The highest BCUT2D eigenvalue weighted by molar-refractivity contribution is 6.30. The molecule has 1 atom stereocenters. The van der Waals surface area contributed by atoms with Gasteiger partial charge in [-0.1, -0.05) is 17.7 Å². The van der Waals surface area contributed by atoms with Crippen LogP contribution in [0.2, 0.25) is 5.02 Å². The third-order valence-electron chi connectivity index (χ3n) is 4.08. The number of anilines is 1. The molecule has 1 aliphatic rings. The predicted molar refractivity (Wildman–Crippen MR) is 98.9 cm³/mol. The molecular weight excluding hydrogens is 354 g/mol. The first-order valence-electron chi connectivity index (χ1n) is 8.11. The molecule has 1 aliphatic heterocycles. The lowest BCUT2D eigenvalue weighted by Crippen LogP contribution is -2.48. The number of imide groups is 1. The second-order valence-corrected chi connectivity index (χ2v) is 6.71. The zero-order valence-electron chi connectivity index (χ0n) is 14.4. The fourth-order valence-corrected chi connectivity index (χ4v) is 3.05. The molecule has 0 radical (unpaired) electrons. The lowest BCUT2D eigenvalue weighted by atomic mass is 10.1. The van der Waals surface area contributed by atoms with E-state index in [1.54, 1.807) is 36.4 Å². The van der Waals surface area contributed by atoms with E-state index in [2.05, 4.69) is 10.9 Å². The molecule has 1 fully saturated rings.